The number of fused-ring (bicyclic) bond motifs is 1. The van der Waals surface area contributed by atoms with E-state index in [9.17, 15) is 10.1 Å². The summed E-state index contributed by atoms with van der Waals surface area (Å²) in [6, 6.07) is 10.3. The molecule has 26 heavy (non-hydrogen) atoms. The smallest absolute Gasteiger partial charge is 0.230 e. The van der Waals surface area contributed by atoms with Gasteiger partial charge in [-0.05, 0) is 50.3 Å². The van der Waals surface area contributed by atoms with Crippen molar-refractivity contribution in [3.8, 4) is 6.07 Å². The van der Waals surface area contributed by atoms with E-state index >= 15 is 0 Å². The van der Waals surface area contributed by atoms with Gasteiger partial charge < -0.3 is 10.6 Å². The molecule has 1 aliphatic rings. The first kappa shape index (κ1) is 18.9. The van der Waals surface area contributed by atoms with Crippen LogP contribution >= 0.6 is 22.9 Å². The molecular weight excluding hydrogens is 366 g/mol. The molecular formula is C20H23ClN3OS+. The van der Waals surface area contributed by atoms with Crippen molar-refractivity contribution in [2.45, 2.75) is 45.1 Å². The lowest BCUT2D eigenvalue weighted by Crippen LogP contribution is -2.85. The molecule has 1 amide bonds. The zero-order valence-electron chi connectivity index (χ0n) is 14.8. The summed E-state index contributed by atoms with van der Waals surface area (Å²) < 4.78 is 0. The van der Waals surface area contributed by atoms with Gasteiger partial charge in [0.15, 0.2) is 0 Å². The van der Waals surface area contributed by atoms with Crippen LogP contribution in [-0.2, 0) is 17.6 Å². The van der Waals surface area contributed by atoms with Crippen molar-refractivity contribution >= 4 is 33.8 Å². The Kier molecular flexibility index (Phi) is 6.31. The van der Waals surface area contributed by atoms with E-state index in [1.807, 2.05) is 24.3 Å². The number of amides is 1. The first-order valence-electron chi connectivity index (χ1n) is 9.01. The highest BCUT2D eigenvalue weighted by Gasteiger charge is 2.21. The van der Waals surface area contributed by atoms with E-state index in [4.69, 9.17) is 11.6 Å². The van der Waals surface area contributed by atoms with E-state index in [-0.39, 0.29) is 11.9 Å². The summed E-state index contributed by atoms with van der Waals surface area (Å²) >= 11 is 7.61. The number of rotatable bonds is 6. The summed E-state index contributed by atoms with van der Waals surface area (Å²) in [4.78, 5) is 13.6. The molecule has 1 aromatic carbocycles. The van der Waals surface area contributed by atoms with Crippen LogP contribution in [0.3, 0.4) is 0 Å². The van der Waals surface area contributed by atoms with Crippen LogP contribution in [0.4, 0.5) is 5.00 Å². The molecule has 4 nitrogen and oxygen atoms in total. The number of hydrogen-bond acceptors (Lipinski definition) is 3. The molecule has 2 aromatic rings. The molecule has 0 bridgehead atoms. The molecule has 1 atom stereocenters. The zero-order chi connectivity index (χ0) is 18.5. The van der Waals surface area contributed by atoms with Gasteiger partial charge in [-0.15, -0.1) is 11.3 Å². The summed E-state index contributed by atoms with van der Waals surface area (Å²) in [6.45, 7) is 2.79. The molecule has 136 valence electrons. The Morgan fingerprint density at radius 2 is 2.23 bits per heavy atom. The van der Waals surface area contributed by atoms with Crippen LogP contribution in [0, 0.1) is 11.3 Å². The van der Waals surface area contributed by atoms with Gasteiger partial charge in [-0.25, -0.2) is 0 Å². The fourth-order valence-corrected chi connectivity index (χ4v) is 4.81. The molecule has 1 aliphatic carbocycles. The van der Waals surface area contributed by atoms with Crippen molar-refractivity contribution in [3.63, 3.8) is 0 Å². The zero-order valence-corrected chi connectivity index (χ0v) is 16.4. The summed E-state index contributed by atoms with van der Waals surface area (Å²) in [5, 5.41) is 16.0. The number of quaternary nitrogens is 1. The minimum atomic E-state index is -0.0327. The van der Waals surface area contributed by atoms with Crippen molar-refractivity contribution in [1.29, 1.82) is 5.26 Å². The fraction of sp³-hybridized carbons (Fsp3) is 0.400. The lowest BCUT2D eigenvalue weighted by Gasteiger charge is -2.11. The number of halogens is 1. The number of nitriles is 1. The highest BCUT2D eigenvalue weighted by molar-refractivity contribution is 7.16. The standard InChI is InChI=1S/C20H22ClN3OS/c1-13(14-5-4-6-15(21)11-14)23-10-9-19(25)24-20-17(12-22)16-7-2-3-8-18(16)26-20/h4-6,11,13,23H,2-3,7-10H2,1H3,(H,24,25)/p+1/t13-/m1/s1. The van der Waals surface area contributed by atoms with Gasteiger partial charge in [0.05, 0.1) is 18.5 Å². The lowest BCUT2D eigenvalue weighted by molar-refractivity contribution is -0.691. The highest BCUT2D eigenvalue weighted by atomic mass is 35.5. The molecule has 3 N–H and O–H groups in total. The quantitative estimate of drug-likeness (QED) is 0.790. The number of benzene rings is 1. The predicted molar refractivity (Wildman–Crippen MR) is 106 cm³/mol. The predicted octanol–water partition coefficient (Wildman–Crippen LogP) is 3.81. The Labute approximate surface area is 163 Å². The Bertz CT molecular complexity index is 840. The number of nitrogens with zero attached hydrogens (tertiary/aromatic N) is 1. The molecule has 3 rings (SSSR count). The maximum Gasteiger partial charge on any atom is 0.230 e. The summed E-state index contributed by atoms with van der Waals surface area (Å²) in [5.41, 5.74) is 2.98. The molecule has 0 unspecified atom stereocenters. The van der Waals surface area contributed by atoms with Crippen molar-refractivity contribution in [1.82, 2.24) is 0 Å². The average Bonchev–Trinajstić information content (AvgIpc) is 2.98. The van der Waals surface area contributed by atoms with Gasteiger partial charge in [-0.3, -0.25) is 4.79 Å². The minimum Gasteiger partial charge on any atom is -0.340 e. The molecule has 0 saturated carbocycles. The molecule has 0 spiro atoms. The normalized spacial score (nSPS) is 14.3. The van der Waals surface area contributed by atoms with E-state index in [1.165, 1.54) is 11.3 Å². The molecule has 1 aromatic heterocycles. The maximum absolute atomic E-state index is 12.3. The number of carbonyl (C=O) groups excluding carboxylic acids is 1. The fourth-order valence-electron chi connectivity index (χ4n) is 3.35. The van der Waals surface area contributed by atoms with Crippen LogP contribution in [0.5, 0.6) is 0 Å². The first-order valence-corrected chi connectivity index (χ1v) is 10.2. The van der Waals surface area contributed by atoms with Gasteiger partial charge >= 0.3 is 0 Å². The number of aryl methyl sites for hydroxylation is 1. The lowest BCUT2D eigenvalue weighted by atomic mass is 9.96. The van der Waals surface area contributed by atoms with Crippen LogP contribution in [-0.4, -0.2) is 12.5 Å². The monoisotopic (exact) mass is 388 g/mol. The Morgan fingerprint density at radius 1 is 1.42 bits per heavy atom. The average molecular weight is 389 g/mol. The van der Waals surface area contributed by atoms with E-state index < -0.39 is 0 Å². The van der Waals surface area contributed by atoms with E-state index in [1.54, 1.807) is 11.3 Å². The third kappa shape index (κ3) is 4.45. The minimum absolute atomic E-state index is 0.0327. The Hall–Kier alpha value is -1.87. The molecule has 0 fully saturated rings. The van der Waals surface area contributed by atoms with Crippen molar-refractivity contribution < 1.29 is 10.1 Å². The first-order chi connectivity index (χ1) is 12.6. The van der Waals surface area contributed by atoms with Gasteiger partial charge in [0.25, 0.3) is 0 Å². The van der Waals surface area contributed by atoms with E-state index in [2.05, 4.69) is 23.6 Å². The maximum atomic E-state index is 12.3. The third-order valence-electron chi connectivity index (χ3n) is 4.80. The van der Waals surface area contributed by atoms with Crippen molar-refractivity contribution in [3.05, 3.63) is 50.9 Å². The summed E-state index contributed by atoms with van der Waals surface area (Å²) in [6.07, 6.45) is 4.69. The Morgan fingerprint density at radius 3 is 3.00 bits per heavy atom. The number of carbonyl (C=O) groups is 1. The van der Waals surface area contributed by atoms with Gasteiger partial charge in [0.1, 0.15) is 17.1 Å². The number of thiophene rings is 1. The van der Waals surface area contributed by atoms with Gasteiger partial charge in [0.2, 0.25) is 5.91 Å². The molecule has 1 heterocycles. The Balaban J connectivity index is 1.53. The molecule has 0 aliphatic heterocycles. The van der Waals surface area contributed by atoms with Crippen LogP contribution in [0.25, 0.3) is 0 Å². The van der Waals surface area contributed by atoms with Gasteiger partial charge in [0, 0.05) is 15.5 Å². The number of nitrogens with two attached hydrogens (primary N) is 1. The summed E-state index contributed by atoms with van der Waals surface area (Å²) in [5.74, 6) is -0.0327. The number of hydrogen-bond donors (Lipinski definition) is 2. The van der Waals surface area contributed by atoms with Crippen LogP contribution < -0.4 is 10.6 Å². The summed E-state index contributed by atoms with van der Waals surface area (Å²) in [7, 11) is 0. The second-order valence-electron chi connectivity index (χ2n) is 6.69. The van der Waals surface area contributed by atoms with Crippen molar-refractivity contribution in [2.24, 2.45) is 0 Å². The second-order valence-corrected chi connectivity index (χ2v) is 8.23. The SMILES string of the molecule is C[C@@H]([NH2+]CCC(=O)Nc1sc2c(c1C#N)CCCC2)c1cccc(Cl)c1. The highest BCUT2D eigenvalue weighted by Crippen LogP contribution is 2.37. The van der Waals surface area contributed by atoms with E-state index in [0.717, 1.165) is 40.4 Å². The second kappa shape index (κ2) is 8.68. The molecule has 0 radical (unpaired) electrons. The van der Waals surface area contributed by atoms with E-state index in [0.29, 0.717) is 18.5 Å². The van der Waals surface area contributed by atoms with Crippen LogP contribution in [0.15, 0.2) is 24.3 Å². The number of nitrogens with one attached hydrogen (secondary N) is 1. The van der Waals surface area contributed by atoms with Gasteiger partial charge in [-0.2, -0.15) is 5.26 Å². The van der Waals surface area contributed by atoms with Crippen LogP contribution in [0.2, 0.25) is 5.02 Å². The van der Waals surface area contributed by atoms with Gasteiger partial charge in [-0.1, -0.05) is 23.7 Å². The van der Waals surface area contributed by atoms with Crippen molar-refractivity contribution in [2.75, 3.05) is 11.9 Å². The number of anilines is 1. The third-order valence-corrected chi connectivity index (χ3v) is 6.24. The topological polar surface area (TPSA) is 69.5 Å². The largest absolute Gasteiger partial charge is 0.340 e. The molecule has 6 heteroatoms. The van der Waals surface area contributed by atoms with Crippen LogP contribution in [0.1, 0.15) is 53.8 Å². The molecule has 0 saturated heterocycles.